The van der Waals surface area contributed by atoms with E-state index in [1.165, 1.54) is 0 Å². The average Bonchev–Trinajstić information content (AvgIpc) is 3.53. The van der Waals surface area contributed by atoms with Gasteiger partial charge >= 0.3 is 5.97 Å². The zero-order valence-corrected chi connectivity index (χ0v) is 16.5. The molecule has 0 radical (unpaired) electrons. The van der Waals surface area contributed by atoms with E-state index in [1.807, 2.05) is 12.1 Å². The number of benzene rings is 1. The molecule has 1 amide bonds. The summed E-state index contributed by atoms with van der Waals surface area (Å²) >= 11 is 5.91. The van der Waals surface area contributed by atoms with Crippen LogP contribution in [-0.4, -0.2) is 55.4 Å². The lowest BCUT2D eigenvalue weighted by Crippen LogP contribution is -2.45. The summed E-state index contributed by atoms with van der Waals surface area (Å²) < 4.78 is 28.9. The van der Waals surface area contributed by atoms with Crippen LogP contribution in [0.15, 0.2) is 24.3 Å². The molecule has 2 aliphatic carbocycles. The first-order valence-corrected chi connectivity index (χ1v) is 11.5. The summed E-state index contributed by atoms with van der Waals surface area (Å²) in [6, 6.07) is 6.91. The maximum Gasteiger partial charge on any atom is 0.317 e. The van der Waals surface area contributed by atoms with Crippen LogP contribution in [0.1, 0.15) is 37.7 Å². The summed E-state index contributed by atoms with van der Waals surface area (Å²) in [5.74, 6) is -0.557. The summed E-state index contributed by atoms with van der Waals surface area (Å²) in [6.45, 7) is -0.332. The fraction of sp³-hybridized carbons (Fsp3) is 0.579. The molecule has 6 nitrogen and oxygen atoms in total. The quantitative estimate of drug-likeness (QED) is 0.669. The summed E-state index contributed by atoms with van der Waals surface area (Å²) in [5.41, 5.74) is 0.177. The molecule has 1 heterocycles. The van der Waals surface area contributed by atoms with Gasteiger partial charge < -0.3 is 9.64 Å². The molecule has 0 N–H and O–H groups in total. The van der Waals surface area contributed by atoms with Crippen molar-refractivity contribution in [3.8, 4) is 0 Å². The molecule has 4 rings (SSSR count). The zero-order chi connectivity index (χ0) is 19.2. The van der Waals surface area contributed by atoms with Crippen molar-refractivity contribution in [2.75, 3.05) is 18.1 Å². The Labute approximate surface area is 163 Å². The molecule has 8 heteroatoms. The standard InChI is InChI=1S/C19H22ClNO5S/c20-14-3-1-13(2-4-14)19(8-9-19)18(23)26-11-17(22)21(15-5-6-15)16-7-10-27(24,25)12-16/h1-4,15-16H,5-12H2/t16-/m1/s1. The molecule has 1 aromatic rings. The second-order valence-electron chi connectivity index (χ2n) is 7.75. The molecule has 27 heavy (non-hydrogen) atoms. The van der Waals surface area contributed by atoms with Crippen molar-refractivity contribution in [3.63, 3.8) is 0 Å². The maximum atomic E-state index is 12.7. The average molecular weight is 412 g/mol. The van der Waals surface area contributed by atoms with Crippen molar-refractivity contribution in [1.82, 2.24) is 4.90 Å². The first-order valence-electron chi connectivity index (χ1n) is 9.26. The van der Waals surface area contributed by atoms with E-state index in [2.05, 4.69) is 0 Å². The molecular formula is C19H22ClNO5S. The summed E-state index contributed by atoms with van der Waals surface area (Å²) in [5, 5.41) is 0.602. The van der Waals surface area contributed by atoms with Gasteiger partial charge in [-0.05, 0) is 49.8 Å². The molecule has 0 unspecified atom stereocenters. The van der Waals surface area contributed by atoms with Crippen LogP contribution in [0.25, 0.3) is 0 Å². The predicted molar refractivity (Wildman–Crippen MR) is 100 cm³/mol. The van der Waals surface area contributed by atoms with E-state index in [-0.39, 0.29) is 36.1 Å². The van der Waals surface area contributed by atoms with Crippen molar-refractivity contribution in [2.45, 2.75) is 49.6 Å². The van der Waals surface area contributed by atoms with Gasteiger partial charge in [-0.25, -0.2) is 8.42 Å². The smallest absolute Gasteiger partial charge is 0.317 e. The van der Waals surface area contributed by atoms with Gasteiger partial charge in [-0.15, -0.1) is 0 Å². The minimum absolute atomic E-state index is 0.0118. The Morgan fingerprint density at radius 2 is 1.78 bits per heavy atom. The van der Waals surface area contributed by atoms with Crippen molar-refractivity contribution in [2.24, 2.45) is 0 Å². The van der Waals surface area contributed by atoms with Crippen LogP contribution in [0.5, 0.6) is 0 Å². The Morgan fingerprint density at radius 3 is 2.30 bits per heavy atom. The van der Waals surface area contributed by atoms with Gasteiger partial charge in [-0.3, -0.25) is 9.59 Å². The topological polar surface area (TPSA) is 80.8 Å². The van der Waals surface area contributed by atoms with Crippen LogP contribution in [0.4, 0.5) is 0 Å². The fourth-order valence-electron chi connectivity index (χ4n) is 3.90. The highest BCUT2D eigenvalue weighted by atomic mass is 35.5. The lowest BCUT2D eigenvalue weighted by Gasteiger charge is -2.28. The summed E-state index contributed by atoms with van der Waals surface area (Å²) in [6.07, 6.45) is 3.60. The minimum atomic E-state index is -3.08. The van der Waals surface area contributed by atoms with Gasteiger partial charge in [0.1, 0.15) is 0 Å². The molecule has 0 aromatic heterocycles. The Balaban J connectivity index is 1.39. The third-order valence-electron chi connectivity index (χ3n) is 5.69. The molecule has 1 saturated heterocycles. The SMILES string of the molecule is O=C(COC(=O)C1(c2ccc(Cl)cc2)CC1)N(C1CC1)[C@@H]1CCS(=O)(=O)C1. The van der Waals surface area contributed by atoms with E-state index < -0.39 is 21.2 Å². The normalized spacial score (nSPS) is 25.0. The van der Waals surface area contributed by atoms with E-state index in [0.717, 1.165) is 18.4 Å². The van der Waals surface area contributed by atoms with Crippen molar-refractivity contribution >= 4 is 33.3 Å². The molecule has 3 aliphatic rings. The number of carbonyl (C=O) groups is 2. The van der Waals surface area contributed by atoms with E-state index in [1.54, 1.807) is 17.0 Å². The van der Waals surface area contributed by atoms with Crippen molar-refractivity contribution in [3.05, 3.63) is 34.9 Å². The number of carbonyl (C=O) groups excluding carboxylic acids is 2. The number of hydrogen-bond donors (Lipinski definition) is 0. The van der Waals surface area contributed by atoms with Crippen LogP contribution in [0.3, 0.4) is 0 Å². The molecule has 1 atom stereocenters. The third-order valence-corrected chi connectivity index (χ3v) is 7.70. The Kier molecular flexibility index (Phi) is 4.71. The van der Waals surface area contributed by atoms with Crippen molar-refractivity contribution in [1.29, 1.82) is 0 Å². The van der Waals surface area contributed by atoms with Gasteiger partial charge in [0.2, 0.25) is 0 Å². The van der Waals surface area contributed by atoms with Gasteiger partial charge in [0.25, 0.3) is 5.91 Å². The number of nitrogens with zero attached hydrogens (tertiary/aromatic N) is 1. The fourth-order valence-corrected chi connectivity index (χ4v) is 5.73. The molecular weight excluding hydrogens is 390 g/mol. The monoisotopic (exact) mass is 411 g/mol. The first kappa shape index (κ1) is 18.7. The van der Waals surface area contributed by atoms with Gasteiger partial charge in [0.05, 0.1) is 16.9 Å². The van der Waals surface area contributed by atoms with E-state index in [0.29, 0.717) is 24.3 Å². The lowest BCUT2D eigenvalue weighted by molar-refractivity contribution is -0.155. The molecule has 1 aromatic carbocycles. The number of ether oxygens (including phenoxy) is 1. The number of amides is 1. The van der Waals surface area contributed by atoms with Crippen LogP contribution in [-0.2, 0) is 29.6 Å². The minimum Gasteiger partial charge on any atom is -0.455 e. The molecule has 146 valence electrons. The van der Waals surface area contributed by atoms with Gasteiger partial charge in [-0.2, -0.15) is 0 Å². The zero-order valence-electron chi connectivity index (χ0n) is 14.9. The molecule has 0 bridgehead atoms. The second kappa shape index (κ2) is 6.78. The number of rotatable bonds is 6. The van der Waals surface area contributed by atoms with E-state index in [9.17, 15) is 18.0 Å². The number of sulfone groups is 1. The van der Waals surface area contributed by atoms with Crippen LogP contribution in [0.2, 0.25) is 5.02 Å². The van der Waals surface area contributed by atoms with Crippen molar-refractivity contribution < 1.29 is 22.7 Å². The highest BCUT2D eigenvalue weighted by Crippen LogP contribution is 2.49. The number of halogens is 1. The van der Waals surface area contributed by atoms with E-state index >= 15 is 0 Å². The van der Waals surface area contributed by atoms with Gasteiger partial charge in [0, 0.05) is 17.1 Å². The van der Waals surface area contributed by atoms with Gasteiger partial charge in [-0.1, -0.05) is 23.7 Å². The summed E-state index contributed by atoms with van der Waals surface area (Å²) in [7, 11) is -3.08. The third kappa shape index (κ3) is 3.85. The Bertz CT molecular complexity index is 859. The molecule has 0 spiro atoms. The summed E-state index contributed by atoms with van der Waals surface area (Å²) in [4.78, 5) is 27.0. The highest BCUT2D eigenvalue weighted by Gasteiger charge is 2.53. The molecule has 1 aliphatic heterocycles. The Morgan fingerprint density at radius 1 is 1.11 bits per heavy atom. The van der Waals surface area contributed by atoms with Crippen LogP contribution >= 0.6 is 11.6 Å². The number of hydrogen-bond acceptors (Lipinski definition) is 5. The largest absolute Gasteiger partial charge is 0.455 e. The lowest BCUT2D eigenvalue weighted by atomic mass is 9.96. The molecule has 2 saturated carbocycles. The van der Waals surface area contributed by atoms with Crippen LogP contribution in [0, 0.1) is 0 Å². The van der Waals surface area contributed by atoms with Gasteiger partial charge in [0.15, 0.2) is 16.4 Å². The number of esters is 1. The maximum absolute atomic E-state index is 12.7. The second-order valence-corrected chi connectivity index (χ2v) is 10.4. The predicted octanol–water partition coefficient (Wildman–Crippen LogP) is 2.09. The highest BCUT2D eigenvalue weighted by molar-refractivity contribution is 7.91. The van der Waals surface area contributed by atoms with Crippen LogP contribution < -0.4 is 0 Å². The Hall–Kier alpha value is -1.60. The van der Waals surface area contributed by atoms with E-state index in [4.69, 9.17) is 16.3 Å². The first-order chi connectivity index (χ1) is 12.8. The molecule has 3 fully saturated rings.